The summed E-state index contributed by atoms with van der Waals surface area (Å²) < 4.78 is 7.50. The molecule has 6 amide bonds. The number of β-amino-alcohol motifs (C(OH)–C–C–N with tert-alkyl or cyclic N) is 1. The largest absolute Gasteiger partial charge is 0.455 e. The molecule has 5 bridgehead atoms. The second-order valence-electron chi connectivity index (χ2n) is 23.9. The Bertz CT molecular complexity index is 3570. The number of rotatable bonds is 17. The van der Waals surface area contributed by atoms with E-state index in [1.165, 1.54) is 34.2 Å². The van der Waals surface area contributed by atoms with E-state index in [0.717, 1.165) is 32.6 Å². The average Bonchev–Trinajstić information content (AvgIpc) is 4.48. The molecule has 2 fully saturated rings. The summed E-state index contributed by atoms with van der Waals surface area (Å²) in [6.07, 6.45) is 5.53. The molecule has 0 saturated carbocycles. The molecule has 6 heterocycles. The van der Waals surface area contributed by atoms with Crippen molar-refractivity contribution >= 4 is 75.4 Å². The van der Waals surface area contributed by atoms with Gasteiger partial charge in [-0.15, -0.1) is 16.4 Å². The molecule has 2 saturated heterocycles. The van der Waals surface area contributed by atoms with Gasteiger partial charge in [0.05, 0.1) is 50.1 Å². The van der Waals surface area contributed by atoms with Crippen LogP contribution in [0.15, 0.2) is 96.6 Å². The number of esters is 1. The number of carbonyl (C=O) groups excluding carboxylic acids is 7. The summed E-state index contributed by atoms with van der Waals surface area (Å²) in [7, 11) is 0. The third-order valence-corrected chi connectivity index (χ3v) is 17.0. The topological polar surface area (TPSA) is 315 Å². The number of likely N-dealkylation sites (tertiary alicyclic amines) is 1. The lowest BCUT2D eigenvalue weighted by molar-refractivity contribution is -0.384. The van der Waals surface area contributed by atoms with Crippen LogP contribution in [0.1, 0.15) is 132 Å². The summed E-state index contributed by atoms with van der Waals surface area (Å²) >= 11 is 1.55. The van der Waals surface area contributed by atoms with Crippen LogP contribution in [0.4, 0.5) is 5.69 Å². The molecule has 0 unspecified atom stereocenters. The van der Waals surface area contributed by atoms with Gasteiger partial charge in [-0.1, -0.05) is 99.2 Å². The number of hydrazine groups is 1. The van der Waals surface area contributed by atoms with Gasteiger partial charge in [0.2, 0.25) is 29.5 Å². The number of cyclic esters (lactones) is 1. The second-order valence-corrected chi connectivity index (χ2v) is 24.7. The van der Waals surface area contributed by atoms with E-state index in [-0.39, 0.29) is 56.8 Å². The molecule has 3 aliphatic rings. The van der Waals surface area contributed by atoms with Gasteiger partial charge in [-0.05, 0) is 86.3 Å². The first-order chi connectivity index (χ1) is 42.1. The molecule has 25 heteroatoms. The number of amides is 6. The number of unbranched alkanes of at least 4 members (excludes halogenated alkanes) is 2. The predicted molar refractivity (Wildman–Crippen MR) is 327 cm³/mol. The second kappa shape index (κ2) is 28.4. The van der Waals surface area contributed by atoms with Crippen LogP contribution >= 0.6 is 11.3 Å². The van der Waals surface area contributed by atoms with Gasteiger partial charge in [0.25, 0.3) is 11.6 Å². The molecule has 8 atom stereocenters. The Hall–Kier alpha value is -8.81. The number of thiazole rings is 1. The number of aromatic nitrogens is 5. The average molecular weight is 1220 g/mol. The van der Waals surface area contributed by atoms with Crippen LogP contribution in [-0.4, -0.2) is 136 Å². The number of aliphatic hydroxyl groups excluding tert-OH is 1. The molecule has 88 heavy (non-hydrogen) atoms. The zero-order chi connectivity index (χ0) is 62.8. The lowest BCUT2D eigenvalue weighted by atomic mass is 9.85. The van der Waals surface area contributed by atoms with Gasteiger partial charge in [-0.3, -0.25) is 53.4 Å². The zero-order valence-corrected chi connectivity index (χ0v) is 51.0. The maximum atomic E-state index is 14.7. The van der Waals surface area contributed by atoms with Crippen LogP contribution < -0.4 is 26.7 Å². The predicted octanol–water partition coefficient (Wildman–Crippen LogP) is 6.07. The molecule has 464 valence electrons. The van der Waals surface area contributed by atoms with Gasteiger partial charge in [-0.2, -0.15) is 0 Å². The van der Waals surface area contributed by atoms with Crippen LogP contribution in [-0.2, 0) is 57.7 Å². The fourth-order valence-corrected chi connectivity index (χ4v) is 11.9. The summed E-state index contributed by atoms with van der Waals surface area (Å²) in [5.74, 6) is -3.64. The first-order valence-corrected chi connectivity index (χ1v) is 30.6. The molecule has 3 aliphatic heterocycles. The fourth-order valence-electron chi connectivity index (χ4n) is 11.1. The highest BCUT2D eigenvalue weighted by Gasteiger charge is 2.45. The maximum absolute atomic E-state index is 14.7. The van der Waals surface area contributed by atoms with E-state index < -0.39 is 94.3 Å². The normalized spacial score (nSPS) is 21.4. The van der Waals surface area contributed by atoms with E-state index in [4.69, 9.17) is 9.72 Å². The van der Waals surface area contributed by atoms with Crippen LogP contribution in [0.3, 0.4) is 0 Å². The van der Waals surface area contributed by atoms with Crippen molar-refractivity contribution < 1.29 is 48.3 Å². The molecule has 6 aromatic rings. The fraction of sp³-hybridized carbons (Fsp3) is 0.444. The molecule has 0 aliphatic carbocycles. The third kappa shape index (κ3) is 16.2. The zero-order valence-electron chi connectivity index (χ0n) is 50.1. The van der Waals surface area contributed by atoms with Gasteiger partial charge < -0.3 is 36.0 Å². The van der Waals surface area contributed by atoms with E-state index in [1.54, 1.807) is 52.9 Å². The molecular weight excluding hydrogens is 1150 g/mol. The van der Waals surface area contributed by atoms with Gasteiger partial charge >= 0.3 is 5.97 Å². The summed E-state index contributed by atoms with van der Waals surface area (Å²) in [6.45, 7) is 11.5. The Balaban J connectivity index is 0.828. The number of nitro benzene ring substituents is 1. The summed E-state index contributed by atoms with van der Waals surface area (Å²) in [5, 5.41) is 44.6. The van der Waals surface area contributed by atoms with Crippen molar-refractivity contribution in [2.24, 2.45) is 5.41 Å². The van der Waals surface area contributed by atoms with E-state index >= 15 is 0 Å². The van der Waals surface area contributed by atoms with Crippen LogP contribution in [0.5, 0.6) is 0 Å². The minimum atomic E-state index is -1.30. The smallest absolute Gasteiger partial charge is 0.325 e. The Labute approximate surface area is 513 Å². The Morgan fingerprint density at radius 2 is 1.70 bits per heavy atom. The number of carbonyl (C=O) groups is 7. The summed E-state index contributed by atoms with van der Waals surface area (Å²) in [6, 6.07) is 16.9. The van der Waals surface area contributed by atoms with Crippen molar-refractivity contribution in [1.29, 1.82) is 0 Å². The Morgan fingerprint density at radius 1 is 0.943 bits per heavy atom. The lowest BCUT2D eigenvalue weighted by Gasteiger charge is -2.35. The Kier molecular flexibility index (Phi) is 20.5. The van der Waals surface area contributed by atoms with Crippen LogP contribution in [0, 0.1) is 22.5 Å². The van der Waals surface area contributed by atoms with Gasteiger partial charge in [0, 0.05) is 75.5 Å². The number of nitrogens with one attached hydrogen (secondary N) is 5. The highest BCUT2D eigenvalue weighted by molar-refractivity contribution is 7.13. The van der Waals surface area contributed by atoms with Gasteiger partial charge in [0.15, 0.2) is 0 Å². The maximum Gasteiger partial charge on any atom is 0.325 e. The molecule has 3 aromatic carbocycles. The number of hydrogen-bond acceptors (Lipinski definition) is 17. The quantitative estimate of drug-likeness (QED) is 0.0261. The molecule has 0 radical (unpaired) electrons. The minimum Gasteiger partial charge on any atom is -0.455 e. The number of pyridine rings is 1. The van der Waals surface area contributed by atoms with Crippen molar-refractivity contribution in [3.63, 3.8) is 0 Å². The standard InChI is InChI=1S/C63H75N13O11S/c1-37(42-20-22-44(23-21-42)56-38(2)64-36-88-56)65-59(81)53-33-47(77)35-74(53)61(83)57(63(4,5)6)69-55(79)14-8-7-9-28-73-34-45(70-72-73)32-52-60(82)75-29-11-13-49(71-75)62(84)87-39(3)48-27-24-43-19-16-40(30-50(43)66-48)12-10-15-54(78)67-51(58(80)68-52)31-41-17-25-46(26-18-41)76(85)86/h10,12,16-27,30,34,36-37,39,47,49,51-53,57,71,77H,7-9,11,13-15,28-29,31-33,35H2,1-6H3,(H,65,81)(H,67,78)(H,68,80)(H,69,79)/b12-10+/t37-,39+,47+,49-,51-,52-,53-,57+/m0/s1. The summed E-state index contributed by atoms with van der Waals surface area (Å²) in [4.78, 5) is 121. The molecule has 6 N–H and O–H groups in total. The van der Waals surface area contributed by atoms with Crippen LogP contribution in [0.25, 0.3) is 27.4 Å². The number of ether oxygens (including phenoxy) is 1. The van der Waals surface area contributed by atoms with Crippen molar-refractivity contribution in [2.45, 2.75) is 161 Å². The van der Waals surface area contributed by atoms with Crippen molar-refractivity contribution in [3.8, 4) is 10.4 Å². The lowest BCUT2D eigenvalue weighted by Crippen LogP contribution is -2.61. The Morgan fingerprint density at radius 3 is 2.43 bits per heavy atom. The first kappa shape index (κ1) is 63.7. The molecule has 0 spiro atoms. The van der Waals surface area contributed by atoms with Crippen molar-refractivity contribution in [2.75, 3.05) is 13.1 Å². The van der Waals surface area contributed by atoms with Crippen molar-refractivity contribution in [1.82, 2.24) is 61.6 Å². The first-order valence-electron chi connectivity index (χ1n) is 29.7. The monoisotopic (exact) mass is 1220 g/mol. The van der Waals surface area contributed by atoms with E-state index in [1.807, 2.05) is 83.1 Å². The van der Waals surface area contributed by atoms with E-state index in [9.17, 15) is 48.8 Å². The number of nitro groups is 1. The number of nitrogens with zero attached hydrogens (tertiary/aromatic N) is 8. The molecular formula is C63H75N13O11S. The van der Waals surface area contributed by atoms with E-state index in [0.29, 0.717) is 61.1 Å². The minimum absolute atomic E-state index is 0.0529. The third-order valence-electron chi connectivity index (χ3n) is 16.0. The number of aryl methyl sites for hydroxylation is 2. The summed E-state index contributed by atoms with van der Waals surface area (Å²) in [5.41, 5.74) is 9.49. The molecule has 9 rings (SSSR count). The number of hydrogen-bond donors (Lipinski definition) is 6. The molecule has 24 nitrogen and oxygen atoms in total. The highest BCUT2D eigenvalue weighted by Crippen LogP contribution is 2.31. The number of fused-ring (bicyclic) bond motifs is 4. The van der Waals surface area contributed by atoms with E-state index in [2.05, 4.69) is 42.0 Å². The van der Waals surface area contributed by atoms with Crippen LogP contribution in [0.2, 0.25) is 0 Å². The van der Waals surface area contributed by atoms with Crippen molar-refractivity contribution in [3.05, 3.63) is 141 Å². The van der Waals surface area contributed by atoms with Gasteiger partial charge in [-0.25, -0.2) is 15.4 Å². The number of aliphatic hydroxyl groups is 1. The molecule has 3 aromatic heterocycles. The SMILES string of the molecule is Cc1ncsc1-c1ccc([C@H](C)NC(=O)[C@@H]2C[C@@H](O)CN2C(=O)[C@@H](NC(=O)CCCCCn2cc(C[C@@H]3NC(=O)[C@H](Cc4ccc([N+](=O)[O-])cc4)NC(=O)C/C=C/c4ccc5ccc(nc5c4)[C@@H](C)OC(=O)[C@@H]4CCCN(N4)C3=O)nn2)C(C)(C)C)cc1. The van der Waals surface area contributed by atoms with Gasteiger partial charge in [0.1, 0.15) is 36.3 Å². The highest BCUT2D eigenvalue weighted by atomic mass is 32.1. The number of non-ortho nitro benzene ring substituents is 1. The number of benzene rings is 3.